The number of rotatable bonds is 4. The standard InChI is InChI=1S/C22H22Cl2N2O2/c23-15-3-1-2-14(8-15)19-11-26-21(28)10-18(13-4-5-13)22(19,12-27)17-7-6-16(24)9-20(17)25/h1-3,6-9,12-13,18-19H,4-5,10-11,25H2,(H,26,28)/t18-,19+,22+/m0/s1. The number of amides is 1. The largest absolute Gasteiger partial charge is 0.398 e. The summed E-state index contributed by atoms with van der Waals surface area (Å²) in [5, 5.41) is 4.12. The molecule has 146 valence electrons. The lowest BCUT2D eigenvalue weighted by Gasteiger charge is -2.42. The molecule has 1 aliphatic heterocycles. The average Bonchev–Trinajstić information content (AvgIpc) is 3.49. The highest BCUT2D eigenvalue weighted by atomic mass is 35.5. The van der Waals surface area contributed by atoms with Crippen molar-refractivity contribution in [3.05, 3.63) is 63.6 Å². The zero-order valence-electron chi connectivity index (χ0n) is 15.3. The molecule has 4 nitrogen and oxygen atoms in total. The normalized spacial score (nSPS) is 27.7. The van der Waals surface area contributed by atoms with Crippen molar-refractivity contribution in [3.63, 3.8) is 0 Å². The second kappa shape index (κ2) is 7.41. The number of benzene rings is 2. The van der Waals surface area contributed by atoms with E-state index in [1.165, 1.54) is 0 Å². The summed E-state index contributed by atoms with van der Waals surface area (Å²) >= 11 is 12.4. The number of hydrogen-bond acceptors (Lipinski definition) is 3. The summed E-state index contributed by atoms with van der Waals surface area (Å²) < 4.78 is 0. The molecule has 0 bridgehead atoms. The summed E-state index contributed by atoms with van der Waals surface area (Å²) in [6.45, 7) is 0.350. The first-order chi connectivity index (χ1) is 13.5. The molecule has 3 N–H and O–H groups in total. The SMILES string of the molecule is Nc1cc(Cl)ccc1[C@@]1(C=O)[C@@H](c2cccc(Cl)c2)CNC(=O)C[C@H]1C1CC1. The van der Waals surface area contributed by atoms with Crippen LogP contribution in [0, 0.1) is 11.8 Å². The zero-order chi connectivity index (χ0) is 19.9. The number of carbonyl (C=O) groups excluding carboxylic acids is 2. The number of nitrogens with two attached hydrogens (primary N) is 1. The molecule has 0 radical (unpaired) electrons. The van der Waals surface area contributed by atoms with Gasteiger partial charge < -0.3 is 15.8 Å². The molecule has 0 aromatic heterocycles. The summed E-state index contributed by atoms with van der Waals surface area (Å²) in [5.74, 6) is -0.102. The van der Waals surface area contributed by atoms with Crippen LogP contribution in [0.3, 0.4) is 0 Å². The number of carbonyl (C=O) groups is 2. The quantitative estimate of drug-likeness (QED) is 0.574. The molecule has 6 heteroatoms. The van der Waals surface area contributed by atoms with Gasteiger partial charge in [0.05, 0.1) is 5.41 Å². The van der Waals surface area contributed by atoms with Crippen LogP contribution in [-0.2, 0) is 15.0 Å². The minimum Gasteiger partial charge on any atom is -0.398 e. The number of hydrogen-bond donors (Lipinski definition) is 2. The Kier molecular flexibility index (Phi) is 5.11. The van der Waals surface area contributed by atoms with Gasteiger partial charge in [-0.1, -0.05) is 41.4 Å². The van der Waals surface area contributed by atoms with Gasteiger partial charge >= 0.3 is 0 Å². The summed E-state index contributed by atoms with van der Waals surface area (Å²) in [5.41, 5.74) is 7.58. The second-order valence-corrected chi connectivity index (χ2v) is 8.72. The number of aldehydes is 1. The Labute approximate surface area is 174 Å². The van der Waals surface area contributed by atoms with E-state index in [4.69, 9.17) is 28.9 Å². The minimum atomic E-state index is -0.931. The molecular formula is C22H22Cl2N2O2. The van der Waals surface area contributed by atoms with Gasteiger partial charge in [0.15, 0.2) is 0 Å². The molecule has 1 saturated carbocycles. The molecule has 2 aromatic carbocycles. The smallest absolute Gasteiger partial charge is 0.220 e. The van der Waals surface area contributed by atoms with Crippen molar-refractivity contribution in [2.24, 2.45) is 11.8 Å². The van der Waals surface area contributed by atoms with Crippen LogP contribution in [0.2, 0.25) is 10.0 Å². The van der Waals surface area contributed by atoms with Gasteiger partial charge in [0.25, 0.3) is 0 Å². The van der Waals surface area contributed by atoms with Crippen molar-refractivity contribution in [2.45, 2.75) is 30.6 Å². The number of nitrogen functional groups attached to an aromatic ring is 1. The molecule has 4 rings (SSSR count). The number of nitrogens with one attached hydrogen (secondary N) is 1. The van der Waals surface area contributed by atoms with E-state index in [1.54, 1.807) is 18.2 Å². The maximum atomic E-state index is 12.9. The predicted molar refractivity (Wildman–Crippen MR) is 112 cm³/mol. The Hall–Kier alpha value is -2.04. The van der Waals surface area contributed by atoms with E-state index in [-0.39, 0.29) is 17.7 Å². The fourth-order valence-electron chi connectivity index (χ4n) is 4.80. The molecule has 2 aromatic rings. The fraction of sp³-hybridized carbons (Fsp3) is 0.364. The van der Waals surface area contributed by atoms with Crippen molar-refractivity contribution < 1.29 is 9.59 Å². The van der Waals surface area contributed by atoms with Gasteiger partial charge in [-0.2, -0.15) is 0 Å². The third-order valence-corrected chi connectivity index (χ3v) is 6.69. The van der Waals surface area contributed by atoms with E-state index in [9.17, 15) is 9.59 Å². The van der Waals surface area contributed by atoms with E-state index in [1.807, 2.05) is 24.3 Å². The van der Waals surface area contributed by atoms with Crippen molar-refractivity contribution in [2.75, 3.05) is 12.3 Å². The van der Waals surface area contributed by atoms with E-state index in [0.717, 1.165) is 30.3 Å². The molecular weight excluding hydrogens is 395 g/mol. The Bertz CT molecular complexity index is 929. The predicted octanol–water partition coefficient (Wildman–Crippen LogP) is 4.34. The van der Waals surface area contributed by atoms with Crippen molar-refractivity contribution in [3.8, 4) is 0 Å². The maximum absolute atomic E-state index is 12.9. The van der Waals surface area contributed by atoms with Gasteiger partial charge in [0.1, 0.15) is 6.29 Å². The summed E-state index contributed by atoms with van der Waals surface area (Å²) in [6, 6.07) is 12.8. The first-order valence-electron chi connectivity index (χ1n) is 9.49. The van der Waals surface area contributed by atoms with Gasteiger partial charge in [-0.15, -0.1) is 0 Å². The molecule has 2 aliphatic rings. The Morgan fingerprint density at radius 1 is 1.11 bits per heavy atom. The van der Waals surface area contributed by atoms with Crippen LogP contribution in [0.4, 0.5) is 5.69 Å². The zero-order valence-corrected chi connectivity index (χ0v) is 16.8. The van der Waals surface area contributed by atoms with Gasteiger partial charge in [0, 0.05) is 34.6 Å². The van der Waals surface area contributed by atoms with Crippen LogP contribution in [0.15, 0.2) is 42.5 Å². The van der Waals surface area contributed by atoms with Crippen molar-refractivity contribution >= 4 is 41.1 Å². The molecule has 1 heterocycles. The lowest BCUT2D eigenvalue weighted by atomic mass is 9.59. The van der Waals surface area contributed by atoms with Crippen molar-refractivity contribution in [1.82, 2.24) is 5.32 Å². The minimum absolute atomic E-state index is 0.0276. The van der Waals surface area contributed by atoms with Gasteiger partial charge in [0.2, 0.25) is 5.91 Å². The van der Waals surface area contributed by atoms with Gasteiger partial charge in [-0.25, -0.2) is 0 Å². The van der Waals surface area contributed by atoms with Gasteiger partial charge in [-0.3, -0.25) is 4.79 Å². The molecule has 3 atom stereocenters. The van der Waals surface area contributed by atoms with Crippen molar-refractivity contribution in [1.29, 1.82) is 0 Å². The Morgan fingerprint density at radius 2 is 1.86 bits per heavy atom. The molecule has 2 fully saturated rings. The number of anilines is 1. The summed E-state index contributed by atoms with van der Waals surface area (Å²) in [6.07, 6.45) is 3.36. The third-order valence-electron chi connectivity index (χ3n) is 6.22. The van der Waals surface area contributed by atoms with E-state index >= 15 is 0 Å². The third kappa shape index (κ3) is 3.29. The highest BCUT2D eigenvalue weighted by molar-refractivity contribution is 6.31. The van der Waals surface area contributed by atoms with E-state index < -0.39 is 5.41 Å². The molecule has 1 saturated heterocycles. The lowest BCUT2D eigenvalue weighted by molar-refractivity contribution is -0.122. The monoisotopic (exact) mass is 416 g/mol. The molecule has 1 amide bonds. The number of halogens is 2. The van der Waals surface area contributed by atoms with Crippen LogP contribution < -0.4 is 11.1 Å². The molecule has 0 unspecified atom stereocenters. The molecule has 0 spiro atoms. The Balaban J connectivity index is 1.97. The average molecular weight is 417 g/mol. The van der Waals surface area contributed by atoms with Crippen LogP contribution in [0.25, 0.3) is 0 Å². The van der Waals surface area contributed by atoms with E-state index in [0.29, 0.717) is 34.6 Å². The first kappa shape index (κ1) is 19.3. The lowest BCUT2D eigenvalue weighted by Crippen LogP contribution is -2.45. The van der Waals surface area contributed by atoms with Crippen LogP contribution in [0.1, 0.15) is 36.3 Å². The van der Waals surface area contributed by atoms with Crippen LogP contribution >= 0.6 is 23.2 Å². The first-order valence-corrected chi connectivity index (χ1v) is 10.2. The molecule has 1 aliphatic carbocycles. The topological polar surface area (TPSA) is 72.2 Å². The van der Waals surface area contributed by atoms with E-state index in [2.05, 4.69) is 5.32 Å². The highest BCUT2D eigenvalue weighted by Crippen LogP contribution is 2.55. The highest BCUT2D eigenvalue weighted by Gasteiger charge is 2.55. The van der Waals surface area contributed by atoms with Crippen LogP contribution in [0.5, 0.6) is 0 Å². The van der Waals surface area contributed by atoms with Crippen LogP contribution in [-0.4, -0.2) is 18.7 Å². The molecule has 28 heavy (non-hydrogen) atoms. The Morgan fingerprint density at radius 3 is 2.50 bits per heavy atom. The summed E-state index contributed by atoms with van der Waals surface area (Å²) in [7, 11) is 0. The summed E-state index contributed by atoms with van der Waals surface area (Å²) in [4.78, 5) is 25.5. The van der Waals surface area contributed by atoms with Gasteiger partial charge in [-0.05, 0) is 60.1 Å². The maximum Gasteiger partial charge on any atom is 0.220 e. The second-order valence-electron chi connectivity index (χ2n) is 7.84. The fourth-order valence-corrected chi connectivity index (χ4v) is 5.18.